The van der Waals surface area contributed by atoms with E-state index in [2.05, 4.69) is 21.4 Å². The van der Waals surface area contributed by atoms with Crippen LogP contribution >= 0.6 is 0 Å². The van der Waals surface area contributed by atoms with Crippen LogP contribution in [0.2, 0.25) is 0 Å². The van der Waals surface area contributed by atoms with E-state index in [1.807, 2.05) is 45.0 Å². The van der Waals surface area contributed by atoms with E-state index < -0.39 is 5.72 Å². The van der Waals surface area contributed by atoms with Crippen molar-refractivity contribution in [3.63, 3.8) is 0 Å². The normalized spacial score (nSPS) is 18.4. The minimum atomic E-state index is -1.31. The molecule has 1 aliphatic rings. The first-order chi connectivity index (χ1) is 12.4. The van der Waals surface area contributed by atoms with Crippen LogP contribution < -0.4 is 5.32 Å². The van der Waals surface area contributed by atoms with Gasteiger partial charge in [-0.3, -0.25) is 0 Å². The molecule has 0 saturated heterocycles. The average molecular weight is 349 g/mol. The van der Waals surface area contributed by atoms with Crippen molar-refractivity contribution in [3.8, 4) is 6.07 Å². The van der Waals surface area contributed by atoms with Gasteiger partial charge in [-0.25, -0.2) is 9.98 Å². The number of benzene rings is 1. The fraction of sp³-hybridized carbons (Fsp3) is 0.350. The average Bonchev–Trinajstić information content (AvgIpc) is 2.59. The molecule has 0 amide bonds. The summed E-state index contributed by atoms with van der Waals surface area (Å²) in [6.45, 7) is 8.69. The summed E-state index contributed by atoms with van der Waals surface area (Å²) in [4.78, 5) is 10.8. The maximum absolute atomic E-state index is 11.3. The Kier molecular flexibility index (Phi) is 4.66. The van der Waals surface area contributed by atoms with Crippen LogP contribution in [0.25, 0.3) is 0 Å². The maximum atomic E-state index is 11.3. The van der Waals surface area contributed by atoms with E-state index in [1.165, 1.54) is 5.56 Å². The highest BCUT2D eigenvalue weighted by Crippen LogP contribution is 2.42. The highest BCUT2D eigenvalue weighted by atomic mass is 16.3. The van der Waals surface area contributed by atoms with Crippen LogP contribution in [-0.2, 0) is 12.3 Å². The summed E-state index contributed by atoms with van der Waals surface area (Å²) in [5, 5.41) is 24.0. The van der Waals surface area contributed by atoms with Gasteiger partial charge in [0.15, 0.2) is 5.72 Å². The summed E-state index contributed by atoms with van der Waals surface area (Å²) >= 11 is 0. The minimum Gasteiger partial charge on any atom is -0.369 e. The number of nitriles is 1. The third-order valence-electron chi connectivity index (χ3n) is 4.64. The Morgan fingerprint density at radius 1 is 1.27 bits per heavy atom. The number of pyridine rings is 1. The van der Waals surface area contributed by atoms with Crippen molar-refractivity contribution in [1.82, 2.24) is 9.88 Å². The SMILES string of the molecule is CCNc1nc(C)c2c(c1C#N)N=CN(Cc1ccc(C)cc1)C2(C)O. The predicted octanol–water partition coefficient (Wildman–Crippen LogP) is 3.34. The number of aryl methyl sites for hydroxylation is 2. The summed E-state index contributed by atoms with van der Waals surface area (Å²) in [6.07, 6.45) is 1.61. The Morgan fingerprint density at radius 3 is 2.58 bits per heavy atom. The van der Waals surface area contributed by atoms with Gasteiger partial charge in [0.05, 0.1) is 17.6 Å². The van der Waals surface area contributed by atoms with Gasteiger partial charge in [0.2, 0.25) is 0 Å². The molecule has 0 saturated carbocycles. The van der Waals surface area contributed by atoms with Crippen molar-refractivity contribution in [3.05, 3.63) is 52.2 Å². The maximum Gasteiger partial charge on any atom is 0.166 e. The van der Waals surface area contributed by atoms with Gasteiger partial charge >= 0.3 is 0 Å². The molecule has 0 radical (unpaired) electrons. The number of nitrogens with zero attached hydrogens (tertiary/aromatic N) is 4. The molecule has 1 unspecified atom stereocenters. The first-order valence-electron chi connectivity index (χ1n) is 8.66. The molecule has 0 fully saturated rings. The Balaban J connectivity index is 2.05. The second kappa shape index (κ2) is 6.77. The monoisotopic (exact) mass is 349 g/mol. The molecule has 0 aliphatic carbocycles. The Morgan fingerprint density at radius 2 is 1.96 bits per heavy atom. The molecular formula is C20H23N5O. The zero-order valence-corrected chi connectivity index (χ0v) is 15.5. The van der Waals surface area contributed by atoms with Gasteiger partial charge in [0.25, 0.3) is 0 Å². The molecule has 2 N–H and O–H groups in total. The lowest BCUT2D eigenvalue weighted by Crippen LogP contribution is -2.45. The summed E-state index contributed by atoms with van der Waals surface area (Å²) in [6, 6.07) is 10.3. The molecule has 6 heteroatoms. The van der Waals surface area contributed by atoms with Crippen molar-refractivity contribution in [2.75, 3.05) is 11.9 Å². The zero-order chi connectivity index (χ0) is 18.9. The topological polar surface area (TPSA) is 84.5 Å². The lowest BCUT2D eigenvalue weighted by Gasteiger charge is -2.40. The predicted molar refractivity (Wildman–Crippen MR) is 102 cm³/mol. The van der Waals surface area contributed by atoms with Crippen LogP contribution in [0.3, 0.4) is 0 Å². The molecule has 0 bridgehead atoms. The van der Waals surface area contributed by atoms with E-state index in [-0.39, 0.29) is 0 Å². The first kappa shape index (κ1) is 17.9. The molecule has 1 aromatic heterocycles. The number of hydrogen-bond donors (Lipinski definition) is 2. The van der Waals surface area contributed by atoms with E-state index in [9.17, 15) is 10.4 Å². The van der Waals surface area contributed by atoms with E-state index in [1.54, 1.807) is 18.2 Å². The molecule has 0 spiro atoms. The Hall–Kier alpha value is -2.91. The van der Waals surface area contributed by atoms with Crippen LogP contribution in [0.1, 0.15) is 41.8 Å². The molecule has 2 heterocycles. The van der Waals surface area contributed by atoms with Crippen LogP contribution in [0.4, 0.5) is 11.5 Å². The quantitative estimate of drug-likeness (QED) is 0.884. The smallest absolute Gasteiger partial charge is 0.166 e. The molecule has 6 nitrogen and oxygen atoms in total. The second-order valence-corrected chi connectivity index (χ2v) is 6.67. The van der Waals surface area contributed by atoms with Crippen molar-refractivity contribution >= 4 is 17.8 Å². The van der Waals surface area contributed by atoms with Crippen LogP contribution in [0, 0.1) is 25.2 Å². The van der Waals surface area contributed by atoms with Gasteiger partial charge in [-0.1, -0.05) is 29.8 Å². The first-order valence-corrected chi connectivity index (χ1v) is 8.66. The molecular weight excluding hydrogens is 326 g/mol. The van der Waals surface area contributed by atoms with Crippen molar-refractivity contribution < 1.29 is 5.11 Å². The van der Waals surface area contributed by atoms with Crippen LogP contribution in [-0.4, -0.2) is 27.9 Å². The van der Waals surface area contributed by atoms with Gasteiger partial charge < -0.3 is 15.3 Å². The van der Waals surface area contributed by atoms with E-state index in [0.29, 0.717) is 41.4 Å². The van der Waals surface area contributed by atoms with E-state index >= 15 is 0 Å². The largest absolute Gasteiger partial charge is 0.369 e. The number of aliphatic imine (C=N–C) groups is 1. The molecule has 1 aliphatic heterocycles. The standard InChI is InChI=1S/C20H23N5O/c1-5-22-19-16(10-21)18-17(14(3)24-19)20(4,26)25(12-23-18)11-15-8-6-13(2)7-9-15/h6-9,12,26H,5,11H2,1-4H3,(H,22,24). The Labute approximate surface area is 153 Å². The lowest BCUT2D eigenvalue weighted by molar-refractivity contribution is -0.0631. The van der Waals surface area contributed by atoms with Crippen LogP contribution in [0.5, 0.6) is 0 Å². The summed E-state index contributed by atoms with van der Waals surface area (Å²) in [5.74, 6) is 0.506. The van der Waals surface area contributed by atoms with Gasteiger partial charge in [0.1, 0.15) is 17.5 Å². The summed E-state index contributed by atoms with van der Waals surface area (Å²) < 4.78 is 0. The number of hydrogen-bond acceptors (Lipinski definition) is 6. The summed E-state index contributed by atoms with van der Waals surface area (Å²) in [5.41, 5.74) is 3.03. The number of aromatic nitrogens is 1. The highest BCUT2D eigenvalue weighted by Gasteiger charge is 2.38. The number of anilines is 1. The fourth-order valence-electron chi connectivity index (χ4n) is 3.25. The van der Waals surface area contributed by atoms with Crippen molar-refractivity contribution in [2.45, 2.75) is 40.0 Å². The van der Waals surface area contributed by atoms with E-state index in [4.69, 9.17) is 0 Å². The lowest BCUT2D eigenvalue weighted by atomic mass is 9.95. The second-order valence-electron chi connectivity index (χ2n) is 6.67. The minimum absolute atomic E-state index is 0.360. The number of nitrogens with one attached hydrogen (secondary N) is 1. The van der Waals surface area contributed by atoms with Crippen LogP contribution in [0.15, 0.2) is 29.3 Å². The fourth-order valence-corrected chi connectivity index (χ4v) is 3.25. The van der Waals surface area contributed by atoms with Gasteiger partial charge in [-0.15, -0.1) is 0 Å². The molecule has 1 atom stereocenters. The molecule has 26 heavy (non-hydrogen) atoms. The molecule has 134 valence electrons. The van der Waals surface area contributed by atoms with Crippen molar-refractivity contribution in [1.29, 1.82) is 5.26 Å². The van der Waals surface area contributed by atoms with Crippen molar-refractivity contribution in [2.24, 2.45) is 4.99 Å². The number of rotatable bonds is 4. The zero-order valence-electron chi connectivity index (χ0n) is 15.5. The highest BCUT2D eigenvalue weighted by molar-refractivity contribution is 5.78. The third kappa shape index (κ3) is 3.02. The molecule has 3 rings (SSSR count). The van der Waals surface area contributed by atoms with Gasteiger partial charge in [-0.05, 0) is 33.3 Å². The van der Waals surface area contributed by atoms with Gasteiger partial charge in [0, 0.05) is 18.8 Å². The molecule has 1 aromatic carbocycles. The Bertz CT molecular complexity index is 894. The summed E-state index contributed by atoms with van der Waals surface area (Å²) in [7, 11) is 0. The molecule has 2 aromatic rings. The van der Waals surface area contributed by atoms with Gasteiger partial charge in [-0.2, -0.15) is 5.26 Å². The third-order valence-corrected chi connectivity index (χ3v) is 4.64. The number of aliphatic hydroxyl groups is 1. The number of fused-ring (bicyclic) bond motifs is 1. The van der Waals surface area contributed by atoms with E-state index in [0.717, 1.165) is 5.56 Å².